The first-order valence-electron chi connectivity index (χ1n) is 9.68. The third-order valence-corrected chi connectivity index (χ3v) is 4.72. The fraction of sp³-hybridized carbons (Fsp3) is 0.524. The maximum absolute atomic E-state index is 12.3. The number of carbonyl (C=O) groups is 1. The van der Waals surface area contributed by atoms with Gasteiger partial charge in [0, 0.05) is 50.7 Å². The van der Waals surface area contributed by atoms with Crippen molar-refractivity contribution in [1.29, 1.82) is 0 Å². The van der Waals surface area contributed by atoms with Crippen LogP contribution >= 0.6 is 0 Å². The van der Waals surface area contributed by atoms with Crippen molar-refractivity contribution in [2.75, 3.05) is 31.1 Å². The molecule has 1 aliphatic heterocycles. The van der Waals surface area contributed by atoms with E-state index in [2.05, 4.69) is 45.6 Å². The molecule has 0 saturated carbocycles. The van der Waals surface area contributed by atoms with E-state index in [1.807, 2.05) is 33.2 Å². The summed E-state index contributed by atoms with van der Waals surface area (Å²) >= 11 is 0. The number of imidazole rings is 1. The normalized spacial score (nSPS) is 15.1. The van der Waals surface area contributed by atoms with Crippen LogP contribution in [0.25, 0.3) is 0 Å². The lowest BCUT2D eigenvalue weighted by atomic mass is 10.1. The number of aryl methyl sites for hydroxylation is 1. The summed E-state index contributed by atoms with van der Waals surface area (Å²) in [6, 6.07) is 8.50. The van der Waals surface area contributed by atoms with Gasteiger partial charge in [0.15, 0.2) is 0 Å². The summed E-state index contributed by atoms with van der Waals surface area (Å²) in [6.45, 7) is 11.6. The quantitative estimate of drug-likeness (QED) is 0.826. The number of rotatable bonds is 4. The van der Waals surface area contributed by atoms with E-state index in [0.717, 1.165) is 31.9 Å². The van der Waals surface area contributed by atoms with Gasteiger partial charge >= 0.3 is 6.09 Å². The van der Waals surface area contributed by atoms with Crippen molar-refractivity contribution in [1.82, 2.24) is 14.5 Å². The molecule has 1 fully saturated rings. The molecule has 1 saturated heterocycles. The van der Waals surface area contributed by atoms with E-state index in [1.54, 1.807) is 4.90 Å². The highest BCUT2D eigenvalue weighted by Gasteiger charge is 2.26. The Hall–Kier alpha value is -2.50. The number of amides is 1. The predicted octanol–water partition coefficient (Wildman–Crippen LogP) is 3.55. The zero-order valence-electron chi connectivity index (χ0n) is 16.8. The van der Waals surface area contributed by atoms with Crippen LogP contribution in [0.1, 0.15) is 39.1 Å². The van der Waals surface area contributed by atoms with Gasteiger partial charge in [-0.1, -0.05) is 25.1 Å². The van der Waals surface area contributed by atoms with E-state index in [1.165, 1.54) is 11.3 Å². The molecule has 1 aromatic carbocycles. The summed E-state index contributed by atoms with van der Waals surface area (Å²) in [5.41, 5.74) is 2.05. The van der Waals surface area contributed by atoms with Crippen molar-refractivity contribution in [2.45, 2.75) is 46.3 Å². The number of hydrogen-bond acceptors (Lipinski definition) is 4. The molecule has 0 atom stereocenters. The van der Waals surface area contributed by atoms with Crippen LogP contribution in [0, 0.1) is 0 Å². The van der Waals surface area contributed by atoms with Gasteiger partial charge in [-0.3, -0.25) is 0 Å². The average molecular weight is 370 g/mol. The molecule has 0 radical (unpaired) electrons. The van der Waals surface area contributed by atoms with Crippen LogP contribution in [-0.4, -0.2) is 52.3 Å². The average Bonchev–Trinajstić information content (AvgIpc) is 3.08. The highest BCUT2D eigenvalue weighted by atomic mass is 16.6. The molecular formula is C21H30N4O2. The first kappa shape index (κ1) is 19.3. The maximum atomic E-state index is 12.3. The van der Waals surface area contributed by atoms with E-state index in [0.29, 0.717) is 13.1 Å². The third kappa shape index (κ3) is 4.81. The predicted molar refractivity (Wildman–Crippen MR) is 107 cm³/mol. The number of ether oxygens (including phenoxy) is 1. The number of benzene rings is 1. The monoisotopic (exact) mass is 370 g/mol. The van der Waals surface area contributed by atoms with Gasteiger partial charge in [-0.05, 0) is 32.4 Å². The number of nitrogens with zero attached hydrogens (tertiary/aromatic N) is 4. The Kier molecular flexibility index (Phi) is 5.73. The lowest BCUT2D eigenvalue weighted by molar-refractivity contribution is 0.0240. The lowest BCUT2D eigenvalue weighted by Gasteiger charge is -2.37. The van der Waals surface area contributed by atoms with E-state index in [-0.39, 0.29) is 6.09 Å². The molecule has 146 valence electrons. The Bertz CT molecular complexity index is 770. The Morgan fingerprint density at radius 1 is 1.15 bits per heavy atom. The number of piperazine rings is 1. The Balaban J connectivity index is 1.67. The summed E-state index contributed by atoms with van der Waals surface area (Å²) in [5.74, 6) is 1.10. The molecule has 1 amide bonds. The van der Waals surface area contributed by atoms with Gasteiger partial charge in [-0.15, -0.1) is 0 Å². The molecule has 1 aromatic heterocycles. The van der Waals surface area contributed by atoms with Crippen molar-refractivity contribution in [2.24, 2.45) is 0 Å². The molecule has 6 nitrogen and oxygen atoms in total. The van der Waals surface area contributed by atoms with Crippen molar-refractivity contribution in [3.05, 3.63) is 48.0 Å². The molecule has 3 rings (SSSR count). The molecule has 0 N–H and O–H groups in total. The molecule has 0 spiro atoms. The smallest absolute Gasteiger partial charge is 0.410 e. The van der Waals surface area contributed by atoms with Gasteiger partial charge in [-0.2, -0.15) is 0 Å². The van der Waals surface area contributed by atoms with E-state index in [9.17, 15) is 4.79 Å². The SMILES string of the molecule is CCc1nccn1Cc1ccccc1N1CCN(C(=O)OC(C)(C)C)CC1. The molecule has 0 aliphatic carbocycles. The van der Waals surface area contributed by atoms with E-state index >= 15 is 0 Å². The number of hydrogen-bond donors (Lipinski definition) is 0. The molecule has 6 heteroatoms. The third-order valence-electron chi connectivity index (χ3n) is 4.72. The summed E-state index contributed by atoms with van der Waals surface area (Å²) < 4.78 is 7.70. The Morgan fingerprint density at radius 3 is 2.52 bits per heavy atom. The number of para-hydroxylation sites is 1. The first-order valence-corrected chi connectivity index (χ1v) is 9.68. The van der Waals surface area contributed by atoms with Gasteiger partial charge in [0.25, 0.3) is 0 Å². The lowest BCUT2D eigenvalue weighted by Crippen LogP contribution is -2.50. The van der Waals surface area contributed by atoms with Gasteiger partial charge in [0.05, 0.1) is 6.54 Å². The van der Waals surface area contributed by atoms with Crippen molar-refractivity contribution in [3.63, 3.8) is 0 Å². The van der Waals surface area contributed by atoms with Gasteiger partial charge < -0.3 is 19.1 Å². The van der Waals surface area contributed by atoms with E-state index < -0.39 is 5.60 Å². The topological polar surface area (TPSA) is 50.6 Å². The highest BCUT2D eigenvalue weighted by molar-refractivity contribution is 5.68. The Morgan fingerprint density at radius 2 is 1.85 bits per heavy atom. The summed E-state index contributed by atoms with van der Waals surface area (Å²) in [5, 5.41) is 0. The molecule has 0 bridgehead atoms. The molecule has 1 aliphatic rings. The second-order valence-electron chi connectivity index (χ2n) is 7.91. The Labute approximate surface area is 161 Å². The van der Waals surface area contributed by atoms with Gasteiger partial charge in [0.1, 0.15) is 11.4 Å². The van der Waals surface area contributed by atoms with Crippen molar-refractivity contribution >= 4 is 11.8 Å². The molecular weight excluding hydrogens is 340 g/mol. The highest BCUT2D eigenvalue weighted by Crippen LogP contribution is 2.24. The number of anilines is 1. The number of carbonyl (C=O) groups excluding carboxylic acids is 1. The molecule has 27 heavy (non-hydrogen) atoms. The largest absolute Gasteiger partial charge is 0.444 e. The van der Waals surface area contributed by atoms with E-state index in [4.69, 9.17) is 4.74 Å². The van der Waals surface area contributed by atoms with Crippen LogP contribution < -0.4 is 4.90 Å². The van der Waals surface area contributed by atoms with Gasteiger partial charge in [0.2, 0.25) is 0 Å². The second-order valence-corrected chi connectivity index (χ2v) is 7.91. The minimum absolute atomic E-state index is 0.221. The molecule has 2 aromatic rings. The summed E-state index contributed by atoms with van der Waals surface area (Å²) in [6.07, 6.45) is 4.60. The van der Waals surface area contributed by atoms with Crippen LogP contribution in [0.15, 0.2) is 36.7 Å². The second kappa shape index (κ2) is 8.03. The fourth-order valence-electron chi connectivity index (χ4n) is 3.39. The maximum Gasteiger partial charge on any atom is 0.410 e. The van der Waals surface area contributed by atoms with Crippen LogP contribution in [-0.2, 0) is 17.7 Å². The van der Waals surface area contributed by atoms with Crippen LogP contribution in [0.3, 0.4) is 0 Å². The minimum Gasteiger partial charge on any atom is -0.444 e. The molecule has 0 unspecified atom stereocenters. The van der Waals surface area contributed by atoms with Crippen LogP contribution in [0.5, 0.6) is 0 Å². The zero-order valence-corrected chi connectivity index (χ0v) is 16.8. The van der Waals surface area contributed by atoms with Crippen LogP contribution in [0.2, 0.25) is 0 Å². The summed E-state index contributed by atoms with van der Waals surface area (Å²) in [4.78, 5) is 20.9. The van der Waals surface area contributed by atoms with Crippen LogP contribution in [0.4, 0.5) is 10.5 Å². The summed E-state index contributed by atoms with van der Waals surface area (Å²) in [7, 11) is 0. The minimum atomic E-state index is -0.456. The van der Waals surface area contributed by atoms with Crippen molar-refractivity contribution in [3.8, 4) is 0 Å². The first-order chi connectivity index (χ1) is 12.9. The standard InChI is InChI=1S/C21H30N4O2/c1-5-19-22-10-11-25(19)16-17-8-6-7-9-18(17)23-12-14-24(15-13-23)20(26)27-21(2,3)4/h6-11H,5,12-16H2,1-4H3. The zero-order chi connectivity index (χ0) is 19.4. The molecule has 2 heterocycles. The van der Waals surface area contributed by atoms with Gasteiger partial charge in [-0.25, -0.2) is 9.78 Å². The number of aromatic nitrogens is 2. The van der Waals surface area contributed by atoms with Crippen molar-refractivity contribution < 1.29 is 9.53 Å². The fourth-order valence-corrected chi connectivity index (χ4v) is 3.39.